The summed E-state index contributed by atoms with van der Waals surface area (Å²) in [4.78, 5) is 23.4. The first-order chi connectivity index (χ1) is 7.97. The highest BCUT2D eigenvalue weighted by atomic mass is 16.4. The monoisotopic (exact) mass is 237 g/mol. The van der Waals surface area contributed by atoms with Crippen LogP contribution >= 0.6 is 0 Å². The molecule has 0 aromatic heterocycles. The second kappa shape index (κ2) is 5.45. The van der Waals surface area contributed by atoms with Gasteiger partial charge in [0.2, 0.25) is 0 Å². The van der Waals surface area contributed by atoms with E-state index in [1.165, 1.54) is 0 Å². The Morgan fingerprint density at radius 1 is 1.24 bits per heavy atom. The third-order valence-corrected chi connectivity index (χ3v) is 2.44. The zero-order valence-corrected chi connectivity index (χ0v) is 9.80. The summed E-state index contributed by atoms with van der Waals surface area (Å²) in [7, 11) is 0. The average Bonchev–Trinajstić information content (AvgIpc) is 2.26. The molecule has 92 valence electrons. The van der Waals surface area contributed by atoms with Crippen LogP contribution in [0.3, 0.4) is 0 Å². The first-order valence-electron chi connectivity index (χ1n) is 5.16. The van der Waals surface area contributed by atoms with E-state index in [-0.39, 0.29) is 0 Å². The molecular weight excluding hydrogens is 222 g/mol. The molecule has 5 nitrogen and oxygen atoms in total. The van der Waals surface area contributed by atoms with Crippen LogP contribution in [0.1, 0.15) is 11.1 Å². The molecule has 1 aromatic carbocycles. The summed E-state index contributed by atoms with van der Waals surface area (Å²) in [6, 6.07) is 5.42. The first kappa shape index (κ1) is 13.2. The van der Waals surface area contributed by atoms with E-state index < -0.39 is 25.0 Å². The minimum absolute atomic E-state index is 0.453. The van der Waals surface area contributed by atoms with Crippen molar-refractivity contribution in [2.24, 2.45) is 0 Å². The predicted molar refractivity (Wildman–Crippen MR) is 63.0 cm³/mol. The molecule has 0 spiro atoms. The number of aliphatic hydroxyl groups excluding tert-OH is 1. The number of anilines is 1. The third-order valence-electron chi connectivity index (χ3n) is 2.44. The molecule has 0 radical (unpaired) electrons. The quantitative estimate of drug-likeness (QED) is 0.808. The number of aliphatic hydroxyl groups is 1. The number of aliphatic carboxylic acids is 1. The van der Waals surface area contributed by atoms with E-state index >= 15 is 0 Å². The Bertz CT molecular complexity index is 422. The summed E-state index contributed by atoms with van der Waals surface area (Å²) in [5, 5.41) is 17.7. The molecule has 0 aliphatic rings. The number of carbonyl (C=O) groups excluding carboxylic acids is 1. The lowest BCUT2D eigenvalue weighted by atomic mass is 10.1. The number of para-hydroxylation sites is 1. The van der Waals surface area contributed by atoms with Crippen molar-refractivity contribution in [1.29, 1.82) is 0 Å². The van der Waals surface area contributed by atoms with Crippen LogP contribution in [0, 0.1) is 13.8 Å². The van der Waals surface area contributed by atoms with Crippen LogP contribution in [0.4, 0.5) is 5.69 Å². The van der Waals surface area contributed by atoms with Gasteiger partial charge in [0.05, 0.1) is 5.69 Å². The molecule has 2 N–H and O–H groups in total. The number of aryl methyl sites for hydroxylation is 2. The number of carbonyl (C=O) groups is 2. The average molecular weight is 237 g/mol. The highest BCUT2D eigenvalue weighted by Gasteiger charge is 2.20. The van der Waals surface area contributed by atoms with Crippen molar-refractivity contribution >= 4 is 17.6 Å². The standard InChI is InChI=1S/C12H15NO4/c1-8-4-3-5-9(2)12(8)13(6-11(16)17)10(15)7-14/h3-5,14H,6-7H2,1-2H3,(H,16,17). The van der Waals surface area contributed by atoms with Gasteiger partial charge in [0.15, 0.2) is 0 Å². The van der Waals surface area contributed by atoms with Crippen molar-refractivity contribution in [3.05, 3.63) is 29.3 Å². The highest BCUT2D eigenvalue weighted by molar-refractivity contribution is 5.99. The third kappa shape index (κ3) is 3.04. The largest absolute Gasteiger partial charge is 0.480 e. The van der Waals surface area contributed by atoms with E-state index in [0.717, 1.165) is 16.0 Å². The predicted octanol–water partition coefficient (Wildman–Crippen LogP) is 0.713. The maximum atomic E-state index is 11.6. The lowest BCUT2D eigenvalue weighted by molar-refractivity contribution is -0.137. The molecule has 1 amide bonds. The minimum Gasteiger partial charge on any atom is -0.480 e. The van der Waals surface area contributed by atoms with Crippen LogP contribution in [0.2, 0.25) is 0 Å². The van der Waals surface area contributed by atoms with Crippen LogP contribution in [-0.4, -0.2) is 35.2 Å². The van der Waals surface area contributed by atoms with Gasteiger partial charge in [-0.1, -0.05) is 18.2 Å². The number of carboxylic acids is 1. The second-order valence-electron chi connectivity index (χ2n) is 3.77. The number of rotatable bonds is 4. The van der Waals surface area contributed by atoms with Crippen molar-refractivity contribution in [3.63, 3.8) is 0 Å². The van der Waals surface area contributed by atoms with Crippen LogP contribution in [0.15, 0.2) is 18.2 Å². The summed E-state index contributed by atoms with van der Waals surface area (Å²) in [5.41, 5.74) is 2.15. The molecule has 0 aliphatic heterocycles. The zero-order chi connectivity index (χ0) is 13.0. The molecule has 0 heterocycles. The van der Waals surface area contributed by atoms with Crippen LogP contribution in [0.25, 0.3) is 0 Å². The Balaban J connectivity index is 3.21. The molecule has 0 aliphatic carbocycles. The van der Waals surface area contributed by atoms with Crippen molar-refractivity contribution < 1.29 is 19.8 Å². The van der Waals surface area contributed by atoms with Gasteiger partial charge in [-0.2, -0.15) is 0 Å². The molecule has 0 saturated carbocycles. The Hall–Kier alpha value is -1.88. The lowest BCUT2D eigenvalue weighted by Crippen LogP contribution is -2.38. The van der Waals surface area contributed by atoms with E-state index in [9.17, 15) is 9.59 Å². The molecule has 17 heavy (non-hydrogen) atoms. The fraction of sp³-hybridized carbons (Fsp3) is 0.333. The molecule has 5 heteroatoms. The molecule has 0 unspecified atom stereocenters. The lowest BCUT2D eigenvalue weighted by Gasteiger charge is -2.23. The molecule has 1 rings (SSSR count). The van der Waals surface area contributed by atoms with Gasteiger partial charge in [-0.15, -0.1) is 0 Å². The number of hydrogen-bond donors (Lipinski definition) is 2. The van der Waals surface area contributed by atoms with Crippen LogP contribution in [0.5, 0.6) is 0 Å². The van der Waals surface area contributed by atoms with Crippen molar-refractivity contribution in [1.82, 2.24) is 0 Å². The number of hydrogen-bond acceptors (Lipinski definition) is 3. The number of benzene rings is 1. The smallest absolute Gasteiger partial charge is 0.323 e. The van der Waals surface area contributed by atoms with Gasteiger partial charge in [0.1, 0.15) is 13.2 Å². The molecule has 0 saturated heterocycles. The maximum absolute atomic E-state index is 11.6. The van der Waals surface area contributed by atoms with E-state index in [4.69, 9.17) is 10.2 Å². The summed E-state index contributed by atoms with van der Waals surface area (Å²) < 4.78 is 0. The number of carboxylic acid groups (broad SMARTS) is 1. The molecule has 0 fully saturated rings. The van der Waals surface area contributed by atoms with Crippen molar-refractivity contribution in [2.75, 3.05) is 18.1 Å². The minimum atomic E-state index is -1.12. The fourth-order valence-electron chi connectivity index (χ4n) is 1.74. The van der Waals surface area contributed by atoms with Crippen LogP contribution < -0.4 is 4.90 Å². The summed E-state index contributed by atoms with van der Waals surface area (Å²) in [6.07, 6.45) is 0. The van der Waals surface area contributed by atoms with Crippen molar-refractivity contribution in [2.45, 2.75) is 13.8 Å². The van der Waals surface area contributed by atoms with E-state index in [0.29, 0.717) is 5.69 Å². The Kier molecular flexibility index (Phi) is 4.23. The van der Waals surface area contributed by atoms with Gasteiger partial charge < -0.3 is 10.2 Å². The summed E-state index contributed by atoms with van der Waals surface area (Å²) in [6.45, 7) is 2.43. The summed E-state index contributed by atoms with van der Waals surface area (Å²) >= 11 is 0. The zero-order valence-electron chi connectivity index (χ0n) is 9.80. The SMILES string of the molecule is Cc1cccc(C)c1N(CC(=O)O)C(=O)CO. The van der Waals surface area contributed by atoms with Gasteiger partial charge in [-0.3, -0.25) is 14.5 Å². The molecule has 0 bridgehead atoms. The highest BCUT2D eigenvalue weighted by Crippen LogP contribution is 2.24. The van der Waals surface area contributed by atoms with Gasteiger partial charge >= 0.3 is 5.97 Å². The Morgan fingerprint density at radius 2 is 1.76 bits per heavy atom. The second-order valence-corrected chi connectivity index (χ2v) is 3.77. The van der Waals surface area contributed by atoms with Gasteiger partial charge in [0, 0.05) is 0 Å². The Morgan fingerprint density at radius 3 is 2.18 bits per heavy atom. The van der Waals surface area contributed by atoms with Crippen LogP contribution in [-0.2, 0) is 9.59 Å². The molecule has 0 atom stereocenters. The first-order valence-corrected chi connectivity index (χ1v) is 5.16. The topological polar surface area (TPSA) is 77.8 Å². The van der Waals surface area contributed by atoms with Gasteiger partial charge in [-0.25, -0.2) is 0 Å². The van der Waals surface area contributed by atoms with Gasteiger partial charge in [-0.05, 0) is 25.0 Å². The van der Waals surface area contributed by atoms with Gasteiger partial charge in [0.25, 0.3) is 5.91 Å². The van der Waals surface area contributed by atoms with Crippen molar-refractivity contribution in [3.8, 4) is 0 Å². The van der Waals surface area contributed by atoms with E-state index in [1.807, 2.05) is 6.07 Å². The normalized spacial score (nSPS) is 10.1. The Labute approximate surface area is 99.3 Å². The molecule has 1 aromatic rings. The number of amides is 1. The van der Waals surface area contributed by atoms with E-state index in [1.54, 1.807) is 26.0 Å². The maximum Gasteiger partial charge on any atom is 0.323 e. The van der Waals surface area contributed by atoms with E-state index in [2.05, 4.69) is 0 Å². The molecular formula is C12H15NO4. The fourth-order valence-corrected chi connectivity index (χ4v) is 1.74. The number of nitrogens with zero attached hydrogens (tertiary/aromatic N) is 1. The summed E-state index contributed by atoms with van der Waals surface area (Å²) in [5.74, 6) is -1.74.